The Labute approximate surface area is 138 Å². The van der Waals surface area contributed by atoms with Crippen molar-refractivity contribution in [2.45, 2.75) is 82.4 Å². The molecule has 0 saturated carbocycles. The van der Waals surface area contributed by atoms with Gasteiger partial charge < -0.3 is 13.3 Å². The van der Waals surface area contributed by atoms with Gasteiger partial charge in [-0.25, -0.2) is 0 Å². The van der Waals surface area contributed by atoms with Crippen molar-refractivity contribution < 1.29 is 13.3 Å². The molecule has 0 spiro atoms. The zero-order valence-corrected chi connectivity index (χ0v) is 16.4. The largest absolute Gasteiger partial charge is 0.513 e. The van der Waals surface area contributed by atoms with Crippen molar-refractivity contribution >= 4 is 21.4 Å². The molecule has 0 aliphatic heterocycles. The minimum Gasteiger partial charge on any atom is -0.376 e. The Bertz CT molecular complexity index is 217. The van der Waals surface area contributed by atoms with Gasteiger partial charge in [-0.3, -0.25) is 0 Å². The van der Waals surface area contributed by atoms with Crippen LogP contribution in [-0.2, 0) is 13.3 Å². The fourth-order valence-corrected chi connectivity index (χ4v) is 5.67. The molecule has 0 fully saturated rings. The highest BCUT2D eigenvalue weighted by Gasteiger charge is 2.44. The molecule has 0 radical (unpaired) electrons. The van der Waals surface area contributed by atoms with Gasteiger partial charge in [0.1, 0.15) is 0 Å². The fourth-order valence-electron chi connectivity index (χ4n) is 2.66. The van der Waals surface area contributed by atoms with Crippen molar-refractivity contribution in [1.82, 2.24) is 0 Å². The average molecular weight is 337 g/mol. The maximum atomic E-state index is 5.46. The fraction of sp³-hybridized carbons (Fsp3) is 1.00. The molecule has 0 aromatic carbocycles. The van der Waals surface area contributed by atoms with Crippen LogP contribution in [-0.4, -0.2) is 35.0 Å². The standard InChI is InChI=1S/C16H36O3SSi/c1-5-6-7-8-9-10-11-12-13-14-15-16(20)21(17-2,18-3)19-4/h16,20H,5-15H2,1-4H3. The molecule has 21 heavy (non-hydrogen) atoms. The zero-order chi connectivity index (χ0) is 16.0. The number of unbranched alkanes of at least 4 members (excludes halogenated alkanes) is 9. The Morgan fingerprint density at radius 1 is 0.714 bits per heavy atom. The highest BCUT2D eigenvalue weighted by atomic mass is 32.1. The maximum absolute atomic E-state index is 5.46. The Hall–Kier alpha value is 0.447. The Balaban J connectivity index is 3.53. The van der Waals surface area contributed by atoms with Gasteiger partial charge in [-0.15, -0.1) is 0 Å². The SMILES string of the molecule is CCCCCCCCCCCCC(S)[Si](OC)(OC)OC. The number of thiol groups is 1. The highest BCUT2D eigenvalue weighted by Crippen LogP contribution is 2.22. The molecule has 128 valence electrons. The van der Waals surface area contributed by atoms with Crippen LogP contribution in [0.5, 0.6) is 0 Å². The van der Waals surface area contributed by atoms with E-state index >= 15 is 0 Å². The van der Waals surface area contributed by atoms with Gasteiger partial charge in [0.25, 0.3) is 0 Å². The molecular weight excluding hydrogens is 300 g/mol. The maximum Gasteiger partial charge on any atom is 0.513 e. The normalized spacial score (nSPS) is 13.6. The molecule has 5 heteroatoms. The van der Waals surface area contributed by atoms with Crippen molar-refractivity contribution in [3.63, 3.8) is 0 Å². The van der Waals surface area contributed by atoms with E-state index in [2.05, 4.69) is 19.6 Å². The van der Waals surface area contributed by atoms with Gasteiger partial charge >= 0.3 is 8.80 Å². The molecule has 3 nitrogen and oxygen atoms in total. The predicted molar refractivity (Wildman–Crippen MR) is 96.0 cm³/mol. The molecule has 0 aliphatic rings. The van der Waals surface area contributed by atoms with Crippen LogP contribution in [0.2, 0.25) is 0 Å². The minimum absolute atomic E-state index is 0.0755. The van der Waals surface area contributed by atoms with Crippen molar-refractivity contribution in [1.29, 1.82) is 0 Å². The summed E-state index contributed by atoms with van der Waals surface area (Å²) < 4.78 is 16.4. The quantitative estimate of drug-likeness (QED) is 0.259. The van der Waals surface area contributed by atoms with Crippen molar-refractivity contribution in [3.8, 4) is 0 Å². The van der Waals surface area contributed by atoms with E-state index in [-0.39, 0.29) is 4.87 Å². The number of hydrogen-bond acceptors (Lipinski definition) is 4. The van der Waals surface area contributed by atoms with Crippen molar-refractivity contribution in [3.05, 3.63) is 0 Å². The Morgan fingerprint density at radius 3 is 1.48 bits per heavy atom. The third-order valence-corrected chi connectivity index (χ3v) is 8.11. The molecule has 0 aliphatic carbocycles. The lowest BCUT2D eigenvalue weighted by atomic mass is 10.1. The molecule has 0 bridgehead atoms. The molecule has 1 atom stereocenters. The number of rotatable bonds is 15. The second-order valence-electron chi connectivity index (χ2n) is 5.70. The van der Waals surface area contributed by atoms with Gasteiger partial charge in [-0.1, -0.05) is 71.1 Å². The van der Waals surface area contributed by atoms with E-state index < -0.39 is 8.80 Å². The molecule has 0 rings (SSSR count). The van der Waals surface area contributed by atoms with Gasteiger partial charge in [0.15, 0.2) is 0 Å². The second kappa shape index (κ2) is 14.1. The Morgan fingerprint density at radius 2 is 1.10 bits per heavy atom. The molecule has 1 unspecified atom stereocenters. The van der Waals surface area contributed by atoms with E-state index in [1.165, 1.54) is 64.2 Å². The third-order valence-electron chi connectivity index (χ3n) is 4.09. The summed E-state index contributed by atoms with van der Waals surface area (Å²) in [7, 11) is 2.41. The summed E-state index contributed by atoms with van der Waals surface area (Å²) in [5, 5.41) is 0. The summed E-state index contributed by atoms with van der Waals surface area (Å²) in [6.45, 7) is 2.27. The van der Waals surface area contributed by atoms with Gasteiger partial charge in [0.2, 0.25) is 0 Å². The van der Waals surface area contributed by atoms with Crippen molar-refractivity contribution in [2.75, 3.05) is 21.3 Å². The van der Waals surface area contributed by atoms with Crippen LogP contribution in [0.25, 0.3) is 0 Å². The van der Waals surface area contributed by atoms with Crippen LogP contribution >= 0.6 is 12.6 Å². The van der Waals surface area contributed by atoms with E-state index in [9.17, 15) is 0 Å². The summed E-state index contributed by atoms with van der Waals surface area (Å²) in [6.07, 6.45) is 14.5. The molecule has 0 N–H and O–H groups in total. The van der Waals surface area contributed by atoms with Crippen LogP contribution in [0.15, 0.2) is 0 Å². The molecule has 0 aromatic rings. The topological polar surface area (TPSA) is 27.7 Å². The van der Waals surface area contributed by atoms with Gasteiger partial charge in [-0.2, -0.15) is 12.6 Å². The van der Waals surface area contributed by atoms with E-state index in [0.717, 1.165) is 6.42 Å². The summed E-state index contributed by atoms with van der Waals surface area (Å²) in [5.41, 5.74) is 0. The average Bonchev–Trinajstić information content (AvgIpc) is 2.51. The summed E-state index contributed by atoms with van der Waals surface area (Å²) in [4.78, 5) is 0.0755. The third kappa shape index (κ3) is 9.24. The lowest BCUT2D eigenvalue weighted by molar-refractivity contribution is 0.120. The van der Waals surface area contributed by atoms with Gasteiger partial charge in [0, 0.05) is 21.3 Å². The first-order valence-corrected chi connectivity index (χ1v) is 10.8. The molecular formula is C16H36O3SSi. The lowest BCUT2D eigenvalue weighted by Gasteiger charge is -2.29. The van der Waals surface area contributed by atoms with Gasteiger partial charge in [-0.05, 0) is 6.42 Å². The molecule has 0 heterocycles. The first kappa shape index (κ1) is 21.4. The van der Waals surface area contributed by atoms with Crippen LogP contribution < -0.4 is 0 Å². The first-order valence-electron chi connectivity index (χ1n) is 8.50. The van der Waals surface area contributed by atoms with E-state index in [0.29, 0.717) is 0 Å². The highest BCUT2D eigenvalue weighted by molar-refractivity contribution is 7.83. The zero-order valence-electron chi connectivity index (χ0n) is 14.5. The first-order chi connectivity index (χ1) is 10.2. The molecule has 0 saturated heterocycles. The van der Waals surface area contributed by atoms with Crippen LogP contribution in [0.1, 0.15) is 77.6 Å². The van der Waals surface area contributed by atoms with Crippen LogP contribution in [0, 0.1) is 0 Å². The summed E-state index contributed by atoms with van der Waals surface area (Å²) >= 11 is 4.63. The van der Waals surface area contributed by atoms with E-state index in [1.54, 1.807) is 21.3 Å². The summed E-state index contributed by atoms with van der Waals surface area (Å²) in [6, 6.07) is 0. The molecule has 0 amide bonds. The summed E-state index contributed by atoms with van der Waals surface area (Å²) in [5.74, 6) is 0. The number of hydrogen-bond donors (Lipinski definition) is 1. The van der Waals surface area contributed by atoms with E-state index in [1.807, 2.05) is 0 Å². The monoisotopic (exact) mass is 336 g/mol. The van der Waals surface area contributed by atoms with Crippen molar-refractivity contribution in [2.24, 2.45) is 0 Å². The van der Waals surface area contributed by atoms with Crippen LogP contribution in [0.4, 0.5) is 0 Å². The minimum atomic E-state index is -2.55. The predicted octanol–water partition coefficient (Wildman–Crippen LogP) is 5.01. The molecule has 0 aromatic heterocycles. The Kier molecular flexibility index (Phi) is 14.4. The van der Waals surface area contributed by atoms with Gasteiger partial charge in [0.05, 0.1) is 4.87 Å². The lowest BCUT2D eigenvalue weighted by Crippen LogP contribution is -2.52. The second-order valence-corrected chi connectivity index (χ2v) is 9.94. The smallest absolute Gasteiger partial charge is 0.376 e. The van der Waals surface area contributed by atoms with E-state index in [4.69, 9.17) is 13.3 Å². The van der Waals surface area contributed by atoms with Crippen LogP contribution in [0.3, 0.4) is 0 Å².